The SMILES string of the molecule is Cl.N#Cc1cnc2ccccc2c1NCc1cccc(Cl)c1. The molecule has 0 fully saturated rings. The Morgan fingerprint density at radius 3 is 2.73 bits per heavy atom. The normalized spacial score (nSPS) is 9.82. The Morgan fingerprint density at radius 2 is 1.95 bits per heavy atom. The highest BCUT2D eigenvalue weighted by molar-refractivity contribution is 6.30. The summed E-state index contributed by atoms with van der Waals surface area (Å²) in [4.78, 5) is 4.30. The predicted octanol–water partition coefficient (Wildman–Crippen LogP) is 4.79. The number of nitriles is 1. The molecule has 0 aliphatic rings. The van der Waals surface area contributed by atoms with Gasteiger partial charge in [0.15, 0.2) is 0 Å². The van der Waals surface area contributed by atoms with Crippen LogP contribution in [-0.2, 0) is 6.54 Å². The second-order valence-corrected chi connectivity index (χ2v) is 5.10. The smallest absolute Gasteiger partial charge is 0.103 e. The number of benzene rings is 2. The lowest BCUT2D eigenvalue weighted by Gasteiger charge is -2.11. The summed E-state index contributed by atoms with van der Waals surface area (Å²) < 4.78 is 0. The molecule has 110 valence electrons. The predicted molar refractivity (Wildman–Crippen MR) is 92.5 cm³/mol. The molecule has 1 N–H and O–H groups in total. The topological polar surface area (TPSA) is 48.7 Å². The number of pyridine rings is 1. The van der Waals surface area contributed by atoms with Gasteiger partial charge in [-0.25, -0.2) is 0 Å². The number of hydrogen-bond acceptors (Lipinski definition) is 3. The number of para-hydroxylation sites is 1. The van der Waals surface area contributed by atoms with E-state index in [9.17, 15) is 5.26 Å². The van der Waals surface area contributed by atoms with Crippen molar-refractivity contribution in [3.63, 3.8) is 0 Å². The third-order valence-corrected chi connectivity index (χ3v) is 3.49. The van der Waals surface area contributed by atoms with E-state index in [4.69, 9.17) is 11.6 Å². The molecule has 1 heterocycles. The van der Waals surface area contributed by atoms with Crippen molar-refractivity contribution < 1.29 is 0 Å². The minimum Gasteiger partial charge on any atom is -0.379 e. The van der Waals surface area contributed by atoms with Crippen LogP contribution in [0.15, 0.2) is 54.7 Å². The van der Waals surface area contributed by atoms with E-state index in [-0.39, 0.29) is 12.4 Å². The van der Waals surface area contributed by atoms with Crippen LogP contribution in [0.2, 0.25) is 5.02 Å². The standard InChI is InChI=1S/C17H12ClN3.ClH/c18-14-5-3-4-12(8-14)10-21-17-13(9-19)11-20-16-7-2-1-6-15(16)17;/h1-8,11H,10H2,(H,20,21);1H. The maximum absolute atomic E-state index is 9.27. The van der Waals surface area contributed by atoms with E-state index in [0.717, 1.165) is 22.2 Å². The number of hydrogen-bond donors (Lipinski definition) is 1. The molecule has 3 rings (SSSR count). The fourth-order valence-corrected chi connectivity index (χ4v) is 2.47. The van der Waals surface area contributed by atoms with Crippen molar-refractivity contribution in [2.45, 2.75) is 6.54 Å². The molecule has 0 bridgehead atoms. The zero-order valence-electron chi connectivity index (χ0n) is 11.6. The largest absolute Gasteiger partial charge is 0.379 e. The summed E-state index contributed by atoms with van der Waals surface area (Å²) in [5, 5.41) is 14.2. The zero-order chi connectivity index (χ0) is 14.7. The van der Waals surface area contributed by atoms with E-state index in [2.05, 4.69) is 16.4 Å². The lowest BCUT2D eigenvalue weighted by Crippen LogP contribution is -2.02. The molecule has 0 aliphatic carbocycles. The average Bonchev–Trinajstić information content (AvgIpc) is 2.52. The monoisotopic (exact) mass is 329 g/mol. The molecule has 1 aromatic heterocycles. The zero-order valence-corrected chi connectivity index (χ0v) is 13.2. The van der Waals surface area contributed by atoms with Gasteiger partial charge in [0.05, 0.1) is 16.8 Å². The first-order chi connectivity index (χ1) is 10.3. The first-order valence-electron chi connectivity index (χ1n) is 6.54. The molecule has 0 radical (unpaired) electrons. The molecule has 0 amide bonds. The Morgan fingerprint density at radius 1 is 1.14 bits per heavy atom. The minimum atomic E-state index is 0. The maximum Gasteiger partial charge on any atom is 0.103 e. The minimum absolute atomic E-state index is 0. The number of anilines is 1. The van der Waals surface area contributed by atoms with Gasteiger partial charge >= 0.3 is 0 Å². The molecule has 0 unspecified atom stereocenters. The Hall–Kier alpha value is -2.28. The second kappa shape index (κ2) is 7.13. The van der Waals surface area contributed by atoms with Crippen molar-refractivity contribution in [1.29, 1.82) is 5.26 Å². The molecular formula is C17H13Cl2N3. The molecular weight excluding hydrogens is 317 g/mol. The molecule has 3 aromatic rings. The highest BCUT2D eigenvalue weighted by Crippen LogP contribution is 2.26. The second-order valence-electron chi connectivity index (χ2n) is 4.66. The van der Waals surface area contributed by atoms with E-state index in [1.54, 1.807) is 6.20 Å². The number of rotatable bonds is 3. The lowest BCUT2D eigenvalue weighted by molar-refractivity contribution is 1.15. The van der Waals surface area contributed by atoms with E-state index in [0.29, 0.717) is 17.1 Å². The average molecular weight is 330 g/mol. The third kappa shape index (κ3) is 3.30. The van der Waals surface area contributed by atoms with Crippen molar-refractivity contribution in [2.24, 2.45) is 0 Å². The lowest BCUT2D eigenvalue weighted by atomic mass is 10.1. The van der Waals surface area contributed by atoms with Crippen molar-refractivity contribution in [3.8, 4) is 6.07 Å². The van der Waals surface area contributed by atoms with Gasteiger partial charge < -0.3 is 5.32 Å². The quantitative estimate of drug-likeness (QED) is 0.751. The fraction of sp³-hybridized carbons (Fsp3) is 0.0588. The van der Waals surface area contributed by atoms with Crippen LogP contribution in [0.25, 0.3) is 10.9 Å². The summed E-state index contributed by atoms with van der Waals surface area (Å²) in [5.41, 5.74) is 3.27. The van der Waals surface area contributed by atoms with Gasteiger partial charge in [-0.2, -0.15) is 5.26 Å². The molecule has 0 atom stereocenters. The fourth-order valence-electron chi connectivity index (χ4n) is 2.25. The van der Waals surface area contributed by atoms with Gasteiger partial charge in [0.1, 0.15) is 6.07 Å². The third-order valence-electron chi connectivity index (χ3n) is 3.25. The van der Waals surface area contributed by atoms with Gasteiger partial charge in [0.25, 0.3) is 0 Å². The van der Waals surface area contributed by atoms with E-state index in [1.165, 1.54) is 0 Å². The number of fused-ring (bicyclic) bond motifs is 1. The van der Waals surface area contributed by atoms with Gasteiger partial charge in [-0.05, 0) is 23.8 Å². The van der Waals surface area contributed by atoms with E-state index >= 15 is 0 Å². The molecule has 0 saturated carbocycles. The summed E-state index contributed by atoms with van der Waals surface area (Å²) in [6.45, 7) is 0.600. The van der Waals surface area contributed by atoms with Crippen molar-refractivity contribution >= 4 is 40.6 Å². The first kappa shape index (κ1) is 16.1. The van der Waals surface area contributed by atoms with Crippen molar-refractivity contribution in [2.75, 3.05) is 5.32 Å². The van der Waals surface area contributed by atoms with Gasteiger partial charge in [-0.1, -0.05) is 41.9 Å². The Kier molecular flexibility index (Phi) is 5.21. The van der Waals surface area contributed by atoms with E-state index < -0.39 is 0 Å². The summed E-state index contributed by atoms with van der Waals surface area (Å²) in [6, 6.07) is 17.6. The van der Waals surface area contributed by atoms with Gasteiger partial charge in [-0.15, -0.1) is 12.4 Å². The van der Waals surface area contributed by atoms with Gasteiger partial charge in [-0.3, -0.25) is 4.98 Å². The van der Waals surface area contributed by atoms with Gasteiger partial charge in [0.2, 0.25) is 0 Å². The highest BCUT2D eigenvalue weighted by atomic mass is 35.5. The van der Waals surface area contributed by atoms with E-state index in [1.807, 2.05) is 48.5 Å². The highest BCUT2D eigenvalue weighted by Gasteiger charge is 2.08. The summed E-state index contributed by atoms with van der Waals surface area (Å²) in [6.07, 6.45) is 1.60. The summed E-state index contributed by atoms with van der Waals surface area (Å²) in [7, 11) is 0. The molecule has 2 aromatic carbocycles. The number of nitrogens with zero attached hydrogens (tertiary/aromatic N) is 2. The van der Waals surface area contributed by atoms with Crippen LogP contribution in [-0.4, -0.2) is 4.98 Å². The molecule has 0 aliphatic heterocycles. The first-order valence-corrected chi connectivity index (χ1v) is 6.92. The maximum atomic E-state index is 9.27. The van der Waals surface area contributed by atoms with Crippen LogP contribution >= 0.6 is 24.0 Å². The number of aromatic nitrogens is 1. The Bertz CT molecular complexity index is 841. The number of nitrogens with one attached hydrogen (secondary N) is 1. The molecule has 22 heavy (non-hydrogen) atoms. The van der Waals surface area contributed by atoms with Crippen LogP contribution in [0.3, 0.4) is 0 Å². The van der Waals surface area contributed by atoms with Crippen LogP contribution in [0.1, 0.15) is 11.1 Å². The van der Waals surface area contributed by atoms with Crippen LogP contribution in [0.5, 0.6) is 0 Å². The van der Waals surface area contributed by atoms with Crippen LogP contribution < -0.4 is 5.32 Å². The van der Waals surface area contributed by atoms with Gasteiger partial charge in [0, 0.05) is 23.2 Å². The summed E-state index contributed by atoms with van der Waals surface area (Å²) in [5.74, 6) is 0. The summed E-state index contributed by atoms with van der Waals surface area (Å²) >= 11 is 5.99. The molecule has 3 nitrogen and oxygen atoms in total. The Labute approximate surface area is 140 Å². The number of halogens is 2. The molecule has 0 spiro atoms. The van der Waals surface area contributed by atoms with Crippen LogP contribution in [0, 0.1) is 11.3 Å². The van der Waals surface area contributed by atoms with Crippen molar-refractivity contribution in [3.05, 3.63) is 70.9 Å². The molecule has 5 heteroatoms. The Balaban J connectivity index is 0.00000176. The molecule has 0 saturated heterocycles. The van der Waals surface area contributed by atoms with Crippen molar-refractivity contribution in [1.82, 2.24) is 4.98 Å². The van der Waals surface area contributed by atoms with Crippen LogP contribution in [0.4, 0.5) is 5.69 Å².